The van der Waals surface area contributed by atoms with Gasteiger partial charge in [-0.1, -0.05) is 18.2 Å². The van der Waals surface area contributed by atoms with E-state index < -0.39 is 0 Å². The predicted molar refractivity (Wildman–Crippen MR) is 87.3 cm³/mol. The lowest BCUT2D eigenvalue weighted by Crippen LogP contribution is -2.57. The molecule has 21 heavy (non-hydrogen) atoms. The highest BCUT2D eigenvalue weighted by Crippen LogP contribution is 2.28. The van der Waals surface area contributed by atoms with Crippen LogP contribution < -0.4 is 5.32 Å². The number of ether oxygens (including phenoxy) is 1. The van der Waals surface area contributed by atoms with Gasteiger partial charge < -0.3 is 10.1 Å². The zero-order valence-corrected chi connectivity index (χ0v) is 13.2. The lowest BCUT2D eigenvalue weighted by Gasteiger charge is -2.43. The van der Waals surface area contributed by atoms with Crippen LogP contribution in [0.25, 0.3) is 0 Å². The number of morpholine rings is 1. The maximum atomic E-state index is 5.63. The summed E-state index contributed by atoms with van der Waals surface area (Å²) in [6.07, 6.45) is 1.17. The van der Waals surface area contributed by atoms with Gasteiger partial charge in [-0.2, -0.15) is 0 Å². The number of hydrogen-bond donors (Lipinski definition) is 1. The van der Waals surface area contributed by atoms with Gasteiger partial charge >= 0.3 is 0 Å². The van der Waals surface area contributed by atoms with E-state index in [1.54, 1.807) is 0 Å². The zero-order valence-electron chi connectivity index (χ0n) is 12.4. The molecule has 3 aliphatic rings. The normalized spacial score (nSPS) is 25.6. The second-order valence-electron chi connectivity index (χ2n) is 6.13. The van der Waals surface area contributed by atoms with Crippen molar-refractivity contribution in [2.45, 2.75) is 19.0 Å². The van der Waals surface area contributed by atoms with Crippen molar-refractivity contribution < 1.29 is 4.74 Å². The molecule has 0 aromatic heterocycles. The second-order valence-corrected chi connectivity index (χ2v) is 6.13. The van der Waals surface area contributed by atoms with Gasteiger partial charge in [-0.05, 0) is 17.5 Å². The highest BCUT2D eigenvalue weighted by molar-refractivity contribution is 5.85. The molecule has 0 radical (unpaired) electrons. The summed E-state index contributed by atoms with van der Waals surface area (Å²) in [6.45, 7) is 8.60. The van der Waals surface area contributed by atoms with E-state index in [4.69, 9.17) is 4.74 Å². The Morgan fingerprint density at radius 2 is 2.19 bits per heavy atom. The number of rotatable bonds is 2. The van der Waals surface area contributed by atoms with Crippen LogP contribution in [-0.2, 0) is 17.7 Å². The molecule has 0 saturated carbocycles. The summed E-state index contributed by atoms with van der Waals surface area (Å²) in [5.74, 6) is 0. The molecule has 1 unspecified atom stereocenters. The van der Waals surface area contributed by atoms with Crippen LogP contribution in [0.1, 0.15) is 11.1 Å². The van der Waals surface area contributed by atoms with Crippen molar-refractivity contribution >= 4 is 18.1 Å². The number of para-hydroxylation sites is 1. The summed E-state index contributed by atoms with van der Waals surface area (Å²) in [4.78, 5) is 5.18. The van der Waals surface area contributed by atoms with Crippen LogP contribution in [0.15, 0.2) is 18.2 Å². The van der Waals surface area contributed by atoms with Gasteiger partial charge in [0.1, 0.15) is 0 Å². The number of hydrogen-bond acceptors (Lipinski definition) is 4. The van der Waals surface area contributed by atoms with Gasteiger partial charge in [0, 0.05) is 51.0 Å². The molecule has 2 fully saturated rings. The molecule has 1 atom stereocenters. The first-order chi connectivity index (χ1) is 9.90. The predicted octanol–water partition coefficient (Wildman–Crippen LogP) is 1.59. The average Bonchev–Trinajstić information content (AvgIpc) is 2.97. The molecular weight excluding hydrogens is 286 g/mol. The first kappa shape index (κ1) is 15.1. The molecule has 4 nitrogen and oxygen atoms in total. The molecule has 1 aromatic rings. The number of anilines is 1. The van der Waals surface area contributed by atoms with Crippen LogP contribution >= 0.6 is 12.4 Å². The highest BCUT2D eigenvalue weighted by atomic mass is 35.5. The smallest absolute Gasteiger partial charge is 0.0634 e. The lowest BCUT2D eigenvalue weighted by molar-refractivity contribution is -0.0461. The monoisotopic (exact) mass is 309 g/mol. The van der Waals surface area contributed by atoms with E-state index >= 15 is 0 Å². The number of nitrogens with one attached hydrogen (secondary N) is 1. The summed E-state index contributed by atoms with van der Waals surface area (Å²) in [6, 6.07) is 7.34. The Hall–Kier alpha value is -0.810. The van der Waals surface area contributed by atoms with Crippen LogP contribution in [0.2, 0.25) is 0 Å². The Kier molecular flexibility index (Phi) is 4.69. The van der Waals surface area contributed by atoms with Crippen molar-refractivity contribution in [2.75, 3.05) is 51.3 Å². The van der Waals surface area contributed by atoms with Crippen LogP contribution in [0.4, 0.5) is 5.69 Å². The summed E-state index contributed by atoms with van der Waals surface area (Å²) in [5, 5.41) is 3.55. The molecule has 1 aromatic carbocycles. The molecular formula is C16H24ClN3O. The molecule has 0 amide bonds. The summed E-state index contributed by atoms with van der Waals surface area (Å²) in [7, 11) is 0. The van der Waals surface area contributed by atoms with Crippen molar-refractivity contribution in [3.8, 4) is 0 Å². The molecule has 0 bridgehead atoms. The Balaban J connectivity index is 0.00000132. The van der Waals surface area contributed by atoms with Gasteiger partial charge in [-0.3, -0.25) is 9.80 Å². The molecule has 2 saturated heterocycles. The van der Waals surface area contributed by atoms with Crippen molar-refractivity contribution in [1.29, 1.82) is 0 Å². The van der Waals surface area contributed by atoms with Gasteiger partial charge in [-0.25, -0.2) is 0 Å². The molecule has 0 spiro atoms. The minimum absolute atomic E-state index is 0. The van der Waals surface area contributed by atoms with Crippen molar-refractivity contribution in [2.24, 2.45) is 0 Å². The summed E-state index contributed by atoms with van der Waals surface area (Å²) in [5.41, 5.74) is 4.35. The Labute approximate surface area is 132 Å². The standard InChI is InChI=1S/C16H23N3O.ClH/c1-2-13-4-5-17-16(13)14(3-1)10-18-6-7-19-8-9-20-12-15(19)11-18;/h1-3,15,17H,4-12H2;1H. The third-order valence-electron chi connectivity index (χ3n) is 4.85. The average molecular weight is 310 g/mol. The topological polar surface area (TPSA) is 27.7 Å². The lowest BCUT2D eigenvalue weighted by atomic mass is 10.1. The fraction of sp³-hybridized carbons (Fsp3) is 0.625. The second kappa shape index (κ2) is 6.53. The quantitative estimate of drug-likeness (QED) is 0.898. The van der Waals surface area contributed by atoms with E-state index in [-0.39, 0.29) is 12.4 Å². The maximum absolute atomic E-state index is 5.63. The SMILES string of the molecule is Cl.c1cc2c(c(CN3CCN4CCOCC4C3)c1)NCC2. The summed E-state index contributed by atoms with van der Waals surface area (Å²) < 4.78 is 5.63. The first-order valence-corrected chi connectivity index (χ1v) is 7.79. The summed E-state index contributed by atoms with van der Waals surface area (Å²) >= 11 is 0. The third kappa shape index (κ3) is 3.04. The Morgan fingerprint density at radius 1 is 1.24 bits per heavy atom. The molecule has 0 aliphatic carbocycles. The number of benzene rings is 1. The molecule has 3 aliphatic heterocycles. The van der Waals surface area contributed by atoms with Crippen LogP contribution in [-0.4, -0.2) is 61.8 Å². The van der Waals surface area contributed by atoms with Crippen molar-refractivity contribution in [3.63, 3.8) is 0 Å². The Bertz CT molecular complexity index is 496. The van der Waals surface area contributed by atoms with Crippen LogP contribution in [0.3, 0.4) is 0 Å². The highest BCUT2D eigenvalue weighted by Gasteiger charge is 2.29. The largest absolute Gasteiger partial charge is 0.384 e. The van der Waals surface area contributed by atoms with E-state index in [1.165, 1.54) is 36.3 Å². The molecule has 5 heteroatoms. The fourth-order valence-electron chi connectivity index (χ4n) is 3.74. The van der Waals surface area contributed by atoms with E-state index in [0.29, 0.717) is 6.04 Å². The number of nitrogens with zero attached hydrogens (tertiary/aromatic N) is 2. The van der Waals surface area contributed by atoms with E-state index in [2.05, 4.69) is 33.3 Å². The number of fused-ring (bicyclic) bond motifs is 2. The molecule has 1 N–H and O–H groups in total. The zero-order chi connectivity index (χ0) is 13.4. The van der Waals surface area contributed by atoms with E-state index in [9.17, 15) is 0 Å². The molecule has 116 valence electrons. The van der Waals surface area contributed by atoms with Crippen LogP contribution in [0, 0.1) is 0 Å². The van der Waals surface area contributed by atoms with Gasteiger partial charge in [0.15, 0.2) is 0 Å². The van der Waals surface area contributed by atoms with Gasteiger partial charge in [0.2, 0.25) is 0 Å². The first-order valence-electron chi connectivity index (χ1n) is 7.79. The van der Waals surface area contributed by atoms with Crippen molar-refractivity contribution in [3.05, 3.63) is 29.3 Å². The Morgan fingerprint density at radius 3 is 3.14 bits per heavy atom. The number of halogens is 1. The minimum atomic E-state index is 0. The fourth-order valence-corrected chi connectivity index (χ4v) is 3.74. The minimum Gasteiger partial charge on any atom is -0.384 e. The van der Waals surface area contributed by atoms with Gasteiger partial charge in [0.05, 0.1) is 13.2 Å². The van der Waals surface area contributed by atoms with E-state index in [0.717, 1.165) is 39.4 Å². The third-order valence-corrected chi connectivity index (χ3v) is 4.85. The number of piperazine rings is 1. The van der Waals surface area contributed by atoms with Gasteiger partial charge in [0.25, 0.3) is 0 Å². The van der Waals surface area contributed by atoms with E-state index in [1.807, 2.05) is 0 Å². The molecule has 4 rings (SSSR count). The van der Waals surface area contributed by atoms with Crippen LogP contribution in [0.5, 0.6) is 0 Å². The maximum Gasteiger partial charge on any atom is 0.0634 e. The molecule has 3 heterocycles. The van der Waals surface area contributed by atoms with Crippen molar-refractivity contribution in [1.82, 2.24) is 9.80 Å². The van der Waals surface area contributed by atoms with Gasteiger partial charge in [-0.15, -0.1) is 12.4 Å².